The van der Waals surface area contributed by atoms with E-state index in [9.17, 15) is 4.79 Å². The van der Waals surface area contributed by atoms with Crippen molar-refractivity contribution in [3.63, 3.8) is 0 Å². The Hall–Kier alpha value is -2.64. The molecule has 8 heteroatoms. The molecule has 23 heavy (non-hydrogen) atoms. The van der Waals surface area contributed by atoms with Crippen LogP contribution in [0.5, 0.6) is 11.5 Å². The van der Waals surface area contributed by atoms with Crippen molar-refractivity contribution in [2.75, 3.05) is 6.79 Å². The van der Waals surface area contributed by atoms with Crippen molar-refractivity contribution in [1.29, 1.82) is 0 Å². The van der Waals surface area contributed by atoms with Crippen LogP contribution in [0, 0.1) is 0 Å². The van der Waals surface area contributed by atoms with Crippen LogP contribution in [0.2, 0.25) is 0 Å². The Kier molecular flexibility index (Phi) is 3.57. The number of carbonyl (C=O) groups is 1. The van der Waals surface area contributed by atoms with E-state index in [2.05, 4.69) is 20.8 Å². The van der Waals surface area contributed by atoms with Crippen molar-refractivity contribution in [2.24, 2.45) is 0 Å². The number of tetrazole rings is 1. The zero-order chi connectivity index (χ0) is 15.6. The molecule has 0 saturated heterocycles. The minimum atomic E-state index is -0.190. The first-order valence-electron chi connectivity index (χ1n) is 7.76. The molecule has 1 saturated carbocycles. The van der Waals surface area contributed by atoms with Gasteiger partial charge < -0.3 is 14.8 Å². The standard InChI is InChI=1S/C15H17N5O3/c21-15(10-5-6-12-13(7-10)23-9-22-12)16-8-14-17-18-19-20(14)11-3-1-2-4-11/h5-7,11H,1-4,8-9H2,(H,16,21). The molecular weight excluding hydrogens is 298 g/mol. The van der Waals surface area contributed by atoms with Gasteiger partial charge in [-0.1, -0.05) is 12.8 Å². The summed E-state index contributed by atoms with van der Waals surface area (Å²) >= 11 is 0. The topological polar surface area (TPSA) is 91.2 Å². The predicted molar refractivity (Wildman–Crippen MR) is 79.1 cm³/mol. The first-order chi connectivity index (χ1) is 11.3. The molecule has 2 aliphatic rings. The van der Waals surface area contributed by atoms with Gasteiger partial charge in [0.15, 0.2) is 17.3 Å². The van der Waals surface area contributed by atoms with Crippen molar-refractivity contribution in [2.45, 2.75) is 38.3 Å². The molecule has 120 valence electrons. The van der Waals surface area contributed by atoms with E-state index in [0.29, 0.717) is 35.5 Å². The van der Waals surface area contributed by atoms with E-state index in [1.165, 1.54) is 12.8 Å². The second kappa shape index (κ2) is 5.86. The van der Waals surface area contributed by atoms with E-state index in [1.54, 1.807) is 18.2 Å². The van der Waals surface area contributed by atoms with Crippen LogP contribution in [0.4, 0.5) is 0 Å². The molecule has 8 nitrogen and oxygen atoms in total. The van der Waals surface area contributed by atoms with Gasteiger partial charge in [0, 0.05) is 5.56 Å². The summed E-state index contributed by atoms with van der Waals surface area (Å²) in [5, 5.41) is 14.7. The average molecular weight is 315 g/mol. The van der Waals surface area contributed by atoms with Crippen LogP contribution in [0.25, 0.3) is 0 Å². The molecule has 1 fully saturated rings. The molecule has 0 atom stereocenters. The van der Waals surface area contributed by atoms with Crippen molar-refractivity contribution in [1.82, 2.24) is 25.5 Å². The van der Waals surface area contributed by atoms with Crippen LogP contribution >= 0.6 is 0 Å². The maximum Gasteiger partial charge on any atom is 0.251 e. The second-order valence-electron chi connectivity index (χ2n) is 5.73. The number of aromatic nitrogens is 4. The number of hydrogen-bond donors (Lipinski definition) is 1. The second-order valence-corrected chi connectivity index (χ2v) is 5.73. The van der Waals surface area contributed by atoms with Gasteiger partial charge in [-0.3, -0.25) is 4.79 Å². The summed E-state index contributed by atoms with van der Waals surface area (Å²) < 4.78 is 12.4. The Bertz CT molecular complexity index is 724. The van der Waals surface area contributed by atoms with Crippen LogP contribution in [0.3, 0.4) is 0 Å². The average Bonchev–Trinajstić information content (AvgIpc) is 3.31. The molecule has 0 spiro atoms. The van der Waals surface area contributed by atoms with Crippen molar-refractivity contribution in [3.05, 3.63) is 29.6 Å². The number of ether oxygens (including phenoxy) is 2. The monoisotopic (exact) mass is 315 g/mol. The highest BCUT2D eigenvalue weighted by Crippen LogP contribution is 2.32. The highest BCUT2D eigenvalue weighted by molar-refractivity contribution is 5.94. The van der Waals surface area contributed by atoms with E-state index >= 15 is 0 Å². The van der Waals surface area contributed by atoms with E-state index in [-0.39, 0.29) is 12.7 Å². The van der Waals surface area contributed by atoms with Crippen molar-refractivity contribution in [3.8, 4) is 11.5 Å². The van der Waals surface area contributed by atoms with Gasteiger partial charge in [-0.2, -0.15) is 0 Å². The third-order valence-electron chi connectivity index (χ3n) is 4.27. The molecule has 1 aromatic carbocycles. The molecule has 1 amide bonds. The molecule has 0 bridgehead atoms. The molecule has 0 radical (unpaired) electrons. The van der Waals surface area contributed by atoms with Gasteiger partial charge in [-0.25, -0.2) is 4.68 Å². The summed E-state index contributed by atoms with van der Waals surface area (Å²) in [6, 6.07) is 5.47. The Balaban J connectivity index is 1.43. The first-order valence-corrected chi connectivity index (χ1v) is 7.76. The third kappa shape index (κ3) is 2.71. The number of rotatable bonds is 4. The lowest BCUT2D eigenvalue weighted by Crippen LogP contribution is -2.25. The van der Waals surface area contributed by atoms with Gasteiger partial charge in [-0.15, -0.1) is 5.10 Å². The van der Waals surface area contributed by atoms with E-state index in [0.717, 1.165) is 12.8 Å². The normalized spacial score (nSPS) is 16.7. The highest BCUT2D eigenvalue weighted by Gasteiger charge is 2.22. The zero-order valence-electron chi connectivity index (χ0n) is 12.6. The van der Waals surface area contributed by atoms with Crippen LogP contribution in [-0.2, 0) is 6.54 Å². The van der Waals surface area contributed by atoms with E-state index < -0.39 is 0 Å². The SMILES string of the molecule is O=C(NCc1nnnn1C1CCCC1)c1ccc2c(c1)OCO2. The van der Waals surface area contributed by atoms with Crippen molar-refractivity contribution >= 4 is 5.91 Å². The Morgan fingerprint density at radius 1 is 1.26 bits per heavy atom. The lowest BCUT2D eigenvalue weighted by Gasteiger charge is -2.11. The number of hydrogen-bond acceptors (Lipinski definition) is 6. The number of benzene rings is 1. The minimum Gasteiger partial charge on any atom is -0.454 e. The molecule has 1 aliphatic heterocycles. The summed E-state index contributed by atoms with van der Waals surface area (Å²) in [7, 11) is 0. The summed E-state index contributed by atoms with van der Waals surface area (Å²) in [5.41, 5.74) is 0.522. The largest absolute Gasteiger partial charge is 0.454 e. The molecular formula is C15H17N5O3. The van der Waals surface area contributed by atoms with Gasteiger partial charge in [-0.05, 0) is 41.5 Å². The first kappa shape index (κ1) is 14.0. The van der Waals surface area contributed by atoms with Gasteiger partial charge >= 0.3 is 0 Å². The molecule has 1 N–H and O–H groups in total. The van der Waals surface area contributed by atoms with E-state index in [1.807, 2.05) is 4.68 Å². The van der Waals surface area contributed by atoms with Crippen LogP contribution in [0.15, 0.2) is 18.2 Å². The van der Waals surface area contributed by atoms with Gasteiger partial charge in [0.1, 0.15) is 0 Å². The van der Waals surface area contributed by atoms with Crippen LogP contribution in [0.1, 0.15) is 47.9 Å². The van der Waals surface area contributed by atoms with Crippen LogP contribution in [-0.4, -0.2) is 32.9 Å². The molecule has 1 aliphatic carbocycles. The minimum absolute atomic E-state index is 0.190. The number of nitrogens with one attached hydrogen (secondary N) is 1. The summed E-state index contributed by atoms with van der Waals surface area (Å²) in [4.78, 5) is 12.3. The van der Waals surface area contributed by atoms with Gasteiger partial charge in [0.2, 0.25) is 6.79 Å². The fraction of sp³-hybridized carbons (Fsp3) is 0.467. The highest BCUT2D eigenvalue weighted by atomic mass is 16.7. The van der Waals surface area contributed by atoms with E-state index in [4.69, 9.17) is 9.47 Å². The molecule has 2 aromatic rings. The Labute approximate surface area is 132 Å². The third-order valence-corrected chi connectivity index (χ3v) is 4.27. The zero-order valence-corrected chi connectivity index (χ0v) is 12.6. The predicted octanol–water partition coefficient (Wildman–Crippen LogP) is 1.45. The number of amides is 1. The molecule has 4 rings (SSSR count). The van der Waals surface area contributed by atoms with Gasteiger partial charge in [0.25, 0.3) is 5.91 Å². The number of nitrogens with zero attached hydrogens (tertiary/aromatic N) is 4. The maximum absolute atomic E-state index is 12.3. The summed E-state index contributed by atoms with van der Waals surface area (Å²) in [5.74, 6) is 1.75. The summed E-state index contributed by atoms with van der Waals surface area (Å²) in [6.07, 6.45) is 4.59. The lowest BCUT2D eigenvalue weighted by molar-refractivity contribution is 0.0948. The van der Waals surface area contributed by atoms with Crippen molar-refractivity contribution < 1.29 is 14.3 Å². The Morgan fingerprint density at radius 2 is 2.09 bits per heavy atom. The van der Waals surface area contributed by atoms with Crippen LogP contribution < -0.4 is 14.8 Å². The number of carbonyl (C=O) groups excluding carboxylic acids is 1. The van der Waals surface area contributed by atoms with Gasteiger partial charge in [0.05, 0.1) is 12.6 Å². The maximum atomic E-state index is 12.3. The molecule has 1 aromatic heterocycles. The lowest BCUT2D eigenvalue weighted by atomic mass is 10.2. The molecule has 0 unspecified atom stereocenters. The fourth-order valence-corrected chi connectivity index (χ4v) is 3.06. The molecule has 2 heterocycles. The Morgan fingerprint density at radius 3 is 2.96 bits per heavy atom. The fourth-order valence-electron chi connectivity index (χ4n) is 3.06. The number of fused-ring (bicyclic) bond motifs is 1. The smallest absolute Gasteiger partial charge is 0.251 e. The summed E-state index contributed by atoms with van der Waals surface area (Å²) in [6.45, 7) is 0.493. The quantitative estimate of drug-likeness (QED) is 0.918.